The molecule has 0 radical (unpaired) electrons. The maximum atomic E-state index is 13.7. The van der Waals surface area contributed by atoms with Gasteiger partial charge in [-0.15, -0.1) is 0 Å². The first-order chi connectivity index (χ1) is 18.7. The lowest BCUT2D eigenvalue weighted by Gasteiger charge is -2.26. The van der Waals surface area contributed by atoms with Crippen molar-refractivity contribution in [3.63, 3.8) is 0 Å². The summed E-state index contributed by atoms with van der Waals surface area (Å²) in [5, 5.41) is 13.2. The van der Waals surface area contributed by atoms with Crippen molar-refractivity contribution in [1.82, 2.24) is 19.9 Å². The molecule has 2 aromatic carbocycles. The SMILES string of the molecule is CCCCc1nc2cccnc2n1Cc1ccc([C@@H](C(=O)N[C@@H](CO)c2ccccc2)C2CCCC2)cc1. The molecule has 198 valence electrons. The highest BCUT2D eigenvalue weighted by atomic mass is 16.3. The zero-order valence-electron chi connectivity index (χ0n) is 22.2. The number of aliphatic hydroxyl groups excluding tert-OH is 1. The number of aromatic nitrogens is 3. The Labute approximate surface area is 225 Å². The Hall–Kier alpha value is -3.51. The molecule has 1 aliphatic carbocycles. The van der Waals surface area contributed by atoms with Crippen molar-refractivity contribution < 1.29 is 9.90 Å². The van der Waals surface area contributed by atoms with Crippen LogP contribution in [-0.4, -0.2) is 32.2 Å². The van der Waals surface area contributed by atoms with Crippen LogP contribution >= 0.6 is 0 Å². The van der Waals surface area contributed by atoms with Crippen LogP contribution in [0.2, 0.25) is 0 Å². The van der Waals surface area contributed by atoms with E-state index in [1.807, 2.05) is 48.7 Å². The number of aryl methyl sites for hydroxylation is 1. The van der Waals surface area contributed by atoms with Crippen LogP contribution in [0.4, 0.5) is 0 Å². The maximum absolute atomic E-state index is 13.7. The second-order valence-electron chi connectivity index (χ2n) is 10.5. The second-order valence-corrected chi connectivity index (χ2v) is 10.5. The number of nitrogens with one attached hydrogen (secondary N) is 1. The largest absolute Gasteiger partial charge is 0.394 e. The molecule has 2 aromatic heterocycles. The van der Waals surface area contributed by atoms with Crippen molar-refractivity contribution in [3.05, 3.63) is 95.4 Å². The molecule has 1 aliphatic rings. The molecular weight excluding hydrogens is 472 g/mol. The summed E-state index contributed by atoms with van der Waals surface area (Å²) in [7, 11) is 0. The van der Waals surface area contributed by atoms with E-state index >= 15 is 0 Å². The van der Waals surface area contributed by atoms with E-state index in [1.54, 1.807) is 0 Å². The summed E-state index contributed by atoms with van der Waals surface area (Å²) < 4.78 is 2.23. The smallest absolute Gasteiger partial charge is 0.228 e. The van der Waals surface area contributed by atoms with Crippen molar-refractivity contribution in [1.29, 1.82) is 0 Å². The molecule has 1 saturated carbocycles. The number of unbranched alkanes of at least 4 members (excludes halogenated alkanes) is 1. The number of imidazole rings is 1. The van der Waals surface area contributed by atoms with Crippen molar-refractivity contribution >= 4 is 17.1 Å². The monoisotopic (exact) mass is 510 g/mol. The average Bonchev–Trinajstić information content (AvgIpc) is 3.60. The molecule has 1 fully saturated rings. The van der Waals surface area contributed by atoms with Crippen molar-refractivity contribution in [2.75, 3.05) is 6.61 Å². The van der Waals surface area contributed by atoms with Gasteiger partial charge in [0, 0.05) is 12.6 Å². The normalized spacial score (nSPS) is 15.5. The molecule has 0 spiro atoms. The van der Waals surface area contributed by atoms with Gasteiger partial charge < -0.3 is 15.0 Å². The van der Waals surface area contributed by atoms with E-state index in [9.17, 15) is 9.90 Å². The van der Waals surface area contributed by atoms with Gasteiger partial charge in [0.05, 0.1) is 25.1 Å². The Kier molecular flexibility index (Phi) is 8.49. The number of hydrogen-bond acceptors (Lipinski definition) is 4. The van der Waals surface area contributed by atoms with E-state index in [-0.39, 0.29) is 18.4 Å². The van der Waals surface area contributed by atoms with Gasteiger partial charge >= 0.3 is 0 Å². The van der Waals surface area contributed by atoms with Crippen molar-refractivity contribution in [2.24, 2.45) is 5.92 Å². The highest BCUT2D eigenvalue weighted by Gasteiger charge is 2.33. The Bertz CT molecular complexity index is 1330. The van der Waals surface area contributed by atoms with E-state index in [0.717, 1.165) is 73.1 Å². The Morgan fingerprint density at radius 2 is 1.79 bits per heavy atom. The summed E-state index contributed by atoms with van der Waals surface area (Å²) in [6, 6.07) is 21.8. The molecule has 2 N–H and O–H groups in total. The summed E-state index contributed by atoms with van der Waals surface area (Å²) >= 11 is 0. The average molecular weight is 511 g/mol. The zero-order chi connectivity index (χ0) is 26.3. The predicted molar refractivity (Wildman–Crippen MR) is 151 cm³/mol. The summed E-state index contributed by atoms with van der Waals surface area (Å²) in [4.78, 5) is 23.1. The Morgan fingerprint density at radius 1 is 1.03 bits per heavy atom. The molecule has 0 unspecified atom stereocenters. The number of nitrogens with zero attached hydrogens (tertiary/aromatic N) is 3. The lowest BCUT2D eigenvalue weighted by molar-refractivity contribution is -0.124. The second kappa shape index (κ2) is 12.4. The number of aliphatic hydroxyl groups is 1. The van der Waals surface area contributed by atoms with Gasteiger partial charge in [0.15, 0.2) is 5.65 Å². The maximum Gasteiger partial charge on any atom is 0.228 e. The lowest BCUT2D eigenvalue weighted by atomic mass is 9.83. The van der Waals surface area contributed by atoms with Crippen molar-refractivity contribution in [3.8, 4) is 0 Å². The van der Waals surface area contributed by atoms with Crippen LogP contribution in [0.15, 0.2) is 72.9 Å². The number of benzene rings is 2. The molecule has 6 nitrogen and oxygen atoms in total. The Morgan fingerprint density at radius 3 is 2.50 bits per heavy atom. The van der Waals surface area contributed by atoms with Crippen LogP contribution in [-0.2, 0) is 17.8 Å². The number of rotatable bonds is 11. The molecule has 0 bridgehead atoms. The fourth-order valence-corrected chi connectivity index (χ4v) is 5.82. The minimum Gasteiger partial charge on any atom is -0.394 e. The van der Waals surface area contributed by atoms with Gasteiger partial charge in [-0.3, -0.25) is 4.79 Å². The van der Waals surface area contributed by atoms with Crippen LogP contribution < -0.4 is 5.32 Å². The van der Waals surface area contributed by atoms with Gasteiger partial charge in [-0.1, -0.05) is 80.8 Å². The van der Waals surface area contributed by atoms with E-state index in [2.05, 4.69) is 46.1 Å². The van der Waals surface area contributed by atoms with Gasteiger partial charge in [0.25, 0.3) is 0 Å². The van der Waals surface area contributed by atoms with E-state index in [4.69, 9.17) is 4.98 Å². The quantitative estimate of drug-likeness (QED) is 0.261. The number of carbonyl (C=O) groups excluding carboxylic acids is 1. The standard InChI is InChI=1S/C32H38N4O2/c1-2-3-15-29-34-27-14-9-20-33-31(27)36(29)21-23-16-18-26(19-17-23)30(25-12-7-8-13-25)32(38)35-28(22-37)24-10-5-4-6-11-24/h4-6,9-11,14,16-20,25,28,30,37H,2-3,7-8,12-13,15,21-22H2,1H3,(H,35,38)/t28-,30-/m0/s1. The minimum absolute atomic E-state index is 0.000733. The topological polar surface area (TPSA) is 80.0 Å². The molecule has 4 aromatic rings. The first-order valence-corrected chi connectivity index (χ1v) is 14.0. The summed E-state index contributed by atoms with van der Waals surface area (Å²) in [5.74, 6) is 1.17. The first kappa shape index (κ1) is 26.1. The van der Waals surface area contributed by atoms with Crippen LogP contribution in [0.3, 0.4) is 0 Å². The predicted octanol–water partition coefficient (Wildman–Crippen LogP) is 5.95. The molecular formula is C32H38N4O2. The van der Waals surface area contributed by atoms with Gasteiger partial charge in [-0.2, -0.15) is 0 Å². The van der Waals surface area contributed by atoms with Gasteiger partial charge in [0.2, 0.25) is 5.91 Å². The number of fused-ring (bicyclic) bond motifs is 1. The molecule has 38 heavy (non-hydrogen) atoms. The summed E-state index contributed by atoms with van der Waals surface area (Å²) in [6.07, 6.45) is 9.42. The molecule has 2 heterocycles. The fourth-order valence-electron chi connectivity index (χ4n) is 5.82. The summed E-state index contributed by atoms with van der Waals surface area (Å²) in [5.41, 5.74) is 4.98. The molecule has 1 amide bonds. The van der Waals surface area contributed by atoms with Crippen LogP contribution in [0.1, 0.15) is 79.9 Å². The third-order valence-electron chi connectivity index (χ3n) is 7.87. The minimum atomic E-state index is -0.407. The van der Waals surface area contributed by atoms with Gasteiger partial charge in [-0.05, 0) is 54.0 Å². The molecule has 0 saturated heterocycles. The van der Waals surface area contributed by atoms with Crippen LogP contribution in [0.25, 0.3) is 11.2 Å². The van der Waals surface area contributed by atoms with Crippen LogP contribution in [0.5, 0.6) is 0 Å². The number of hydrogen-bond donors (Lipinski definition) is 2. The molecule has 6 heteroatoms. The summed E-state index contributed by atoms with van der Waals surface area (Å²) in [6.45, 7) is 2.77. The highest BCUT2D eigenvalue weighted by Crippen LogP contribution is 2.38. The number of pyridine rings is 1. The highest BCUT2D eigenvalue weighted by molar-refractivity contribution is 5.84. The van der Waals surface area contributed by atoms with E-state index in [0.29, 0.717) is 12.5 Å². The number of carbonyl (C=O) groups is 1. The molecule has 2 atom stereocenters. The van der Waals surface area contributed by atoms with Crippen molar-refractivity contribution in [2.45, 2.75) is 70.4 Å². The fraction of sp³-hybridized carbons (Fsp3) is 0.406. The molecule has 0 aliphatic heterocycles. The third kappa shape index (κ3) is 5.81. The molecule has 5 rings (SSSR count). The Balaban J connectivity index is 1.38. The van der Waals surface area contributed by atoms with Gasteiger partial charge in [0.1, 0.15) is 11.3 Å². The van der Waals surface area contributed by atoms with Gasteiger partial charge in [-0.25, -0.2) is 9.97 Å². The zero-order valence-corrected chi connectivity index (χ0v) is 22.2. The number of amides is 1. The van der Waals surface area contributed by atoms with E-state index < -0.39 is 6.04 Å². The lowest BCUT2D eigenvalue weighted by Crippen LogP contribution is -2.37. The van der Waals surface area contributed by atoms with Crippen LogP contribution in [0, 0.1) is 5.92 Å². The third-order valence-corrected chi connectivity index (χ3v) is 7.87. The first-order valence-electron chi connectivity index (χ1n) is 14.0. The van der Waals surface area contributed by atoms with E-state index in [1.165, 1.54) is 5.56 Å².